The highest BCUT2D eigenvalue weighted by Gasteiger charge is 2.05. The minimum absolute atomic E-state index is 0.00220. The van der Waals surface area contributed by atoms with Crippen LogP contribution < -0.4 is 5.32 Å². The molecule has 0 fully saturated rings. The van der Waals surface area contributed by atoms with E-state index in [9.17, 15) is 4.79 Å². The van der Waals surface area contributed by atoms with Crippen molar-refractivity contribution in [3.05, 3.63) is 59.3 Å². The fourth-order valence-corrected chi connectivity index (χ4v) is 1.82. The Balaban J connectivity index is 1.88. The zero-order chi connectivity index (χ0) is 13.7. The number of rotatable bonds is 4. The molecule has 0 unspecified atom stereocenters. The van der Waals surface area contributed by atoms with Crippen molar-refractivity contribution in [2.24, 2.45) is 0 Å². The molecule has 0 atom stereocenters. The second-order valence-corrected chi connectivity index (χ2v) is 4.70. The first-order valence-corrected chi connectivity index (χ1v) is 6.42. The molecule has 2 rings (SSSR count). The Bertz CT molecular complexity index is 561. The fourth-order valence-electron chi connectivity index (χ4n) is 1.82. The number of pyridine rings is 1. The van der Waals surface area contributed by atoms with Crippen molar-refractivity contribution in [3.63, 3.8) is 0 Å². The summed E-state index contributed by atoms with van der Waals surface area (Å²) in [5, 5.41) is 2.84. The summed E-state index contributed by atoms with van der Waals surface area (Å²) in [6.07, 6.45) is 2.90. The zero-order valence-corrected chi connectivity index (χ0v) is 11.3. The van der Waals surface area contributed by atoms with E-state index in [4.69, 9.17) is 0 Å². The van der Waals surface area contributed by atoms with E-state index in [0.29, 0.717) is 12.2 Å². The fraction of sp³-hybridized carbons (Fsp3) is 0.250. The van der Waals surface area contributed by atoms with E-state index in [-0.39, 0.29) is 5.91 Å². The normalized spacial score (nSPS) is 10.2. The lowest BCUT2D eigenvalue weighted by Crippen LogP contribution is -2.14. The van der Waals surface area contributed by atoms with Gasteiger partial charge in [0.15, 0.2) is 0 Å². The van der Waals surface area contributed by atoms with Gasteiger partial charge in [0.05, 0.1) is 0 Å². The number of aryl methyl sites for hydroxylation is 3. The van der Waals surface area contributed by atoms with Crippen LogP contribution in [0.5, 0.6) is 0 Å². The van der Waals surface area contributed by atoms with E-state index in [1.54, 1.807) is 6.20 Å². The predicted octanol–water partition coefficient (Wildman–Crippen LogP) is 3.27. The smallest absolute Gasteiger partial charge is 0.225 e. The third-order valence-corrected chi connectivity index (χ3v) is 3.03. The number of aromatic nitrogens is 1. The molecule has 0 aliphatic carbocycles. The number of carbonyl (C=O) groups is 1. The first-order chi connectivity index (χ1) is 9.15. The van der Waals surface area contributed by atoms with E-state index >= 15 is 0 Å². The van der Waals surface area contributed by atoms with Crippen LogP contribution in [0.25, 0.3) is 0 Å². The van der Waals surface area contributed by atoms with Crippen LogP contribution in [0.4, 0.5) is 5.82 Å². The van der Waals surface area contributed by atoms with Gasteiger partial charge in [-0.3, -0.25) is 4.79 Å². The second-order valence-electron chi connectivity index (χ2n) is 4.70. The summed E-state index contributed by atoms with van der Waals surface area (Å²) >= 11 is 0. The van der Waals surface area contributed by atoms with Crippen LogP contribution in [0.3, 0.4) is 0 Å². The van der Waals surface area contributed by atoms with Crippen molar-refractivity contribution in [2.75, 3.05) is 5.32 Å². The van der Waals surface area contributed by atoms with Gasteiger partial charge in [0, 0.05) is 12.6 Å². The summed E-state index contributed by atoms with van der Waals surface area (Å²) in [5.74, 6) is 0.652. The van der Waals surface area contributed by atoms with Crippen LogP contribution in [0.2, 0.25) is 0 Å². The molecule has 98 valence electrons. The standard InChI is InChI=1S/C16H18N2O/c1-12-5-7-14(8-6-12)9-10-15(19)18-16-13(2)4-3-11-17-16/h3-8,11H,9-10H2,1-2H3,(H,17,18,19). The van der Waals surface area contributed by atoms with Gasteiger partial charge in [-0.1, -0.05) is 35.9 Å². The third kappa shape index (κ3) is 3.91. The number of hydrogen-bond acceptors (Lipinski definition) is 2. The SMILES string of the molecule is Cc1ccc(CCC(=O)Nc2ncccc2C)cc1. The Morgan fingerprint density at radius 3 is 2.58 bits per heavy atom. The van der Waals surface area contributed by atoms with Crippen LogP contribution in [-0.4, -0.2) is 10.9 Å². The number of amides is 1. The first-order valence-electron chi connectivity index (χ1n) is 6.42. The van der Waals surface area contributed by atoms with E-state index in [0.717, 1.165) is 12.0 Å². The maximum Gasteiger partial charge on any atom is 0.225 e. The molecule has 1 aromatic carbocycles. The molecule has 2 aromatic rings. The molecule has 0 saturated heterocycles. The summed E-state index contributed by atoms with van der Waals surface area (Å²) in [6.45, 7) is 3.99. The highest BCUT2D eigenvalue weighted by Crippen LogP contribution is 2.11. The maximum atomic E-state index is 11.9. The number of nitrogens with zero attached hydrogens (tertiary/aromatic N) is 1. The molecule has 0 aliphatic rings. The summed E-state index contributed by atoms with van der Waals surface area (Å²) < 4.78 is 0. The second kappa shape index (κ2) is 6.14. The predicted molar refractivity (Wildman–Crippen MR) is 77.1 cm³/mol. The Labute approximate surface area is 113 Å². The molecule has 1 N–H and O–H groups in total. The van der Waals surface area contributed by atoms with Crippen molar-refractivity contribution < 1.29 is 4.79 Å². The van der Waals surface area contributed by atoms with E-state index in [1.807, 2.05) is 19.1 Å². The van der Waals surface area contributed by atoms with E-state index < -0.39 is 0 Å². The molecule has 3 nitrogen and oxygen atoms in total. The number of benzene rings is 1. The lowest BCUT2D eigenvalue weighted by Gasteiger charge is -2.07. The van der Waals surface area contributed by atoms with Crippen LogP contribution in [0.1, 0.15) is 23.1 Å². The largest absolute Gasteiger partial charge is 0.310 e. The highest BCUT2D eigenvalue weighted by molar-refractivity contribution is 5.90. The Kier molecular flexibility index (Phi) is 4.29. The summed E-state index contributed by atoms with van der Waals surface area (Å²) in [7, 11) is 0. The van der Waals surface area contributed by atoms with Crippen molar-refractivity contribution in [1.29, 1.82) is 0 Å². The molecule has 0 spiro atoms. The Morgan fingerprint density at radius 2 is 1.89 bits per heavy atom. The van der Waals surface area contributed by atoms with Gasteiger partial charge < -0.3 is 5.32 Å². The summed E-state index contributed by atoms with van der Waals surface area (Å²) in [6, 6.07) is 12.1. The Hall–Kier alpha value is -2.16. The van der Waals surface area contributed by atoms with Gasteiger partial charge in [0.2, 0.25) is 5.91 Å². The van der Waals surface area contributed by atoms with Crippen molar-refractivity contribution >= 4 is 11.7 Å². The summed E-state index contributed by atoms with van der Waals surface area (Å²) in [5.41, 5.74) is 3.39. The number of anilines is 1. The van der Waals surface area contributed by atoms with Crippen molar-refractivity contribution in [2.45, 2.75) is 26.7 Å². The van der Waals surface area contributed by atoms with Gasteiger partial charge in [0.25, 0.3) is 0 Å². The summed E-state index contributed by atoms with van der Waals surface area (Å²) in [4.78, 5) is 16.0. The van der Waals surface area contributed by atoms with Crippen molar-refractivity contribution in [1.82, 2.24) is 4.98 Å². The highest BCUT2D eigenvalue weighted by atomic mass is 16.1. The molecule has 1 amide bonds. The third-order valence-electron chi connectivity index (χ3n) is 3.03. The molecule has 19 heavy (non-hydrogen) atoms. The molecule has 3 heteroatoms. The Morgan fingerprint density at radius 1 is 1.16 bits per heavy atom. The van der Waals surface area contributed by atoms with E-state index in [2.05, 4.69) is 41.5 Å². The van der Waals surface area contributed by atoms with Gasteiger partial charge in [-0.25, -0.2) is 4.98 Å². The first kappa shape index (κ1) is 13.3. The molecule has 1 heterocycles. The van der Waals surface area contributed by atoms with Crippen LogP contribution in [-0.2, 0) is 11.2 Å². The monoisotopic (exact) mass is 254 g/mol. The molecular weight excluding hydrogens is 236 g/mol. The van der Waals surface area contributed by atoms with Gasteiger partial charge >= 0.3 is 0 Å². The topological polar surface area (TPSA) is 42.0 Å². The van der Waals surface area contributed by atoms with Gasteiger partial charge in [-0.05, 0) is 37.5 Å². The number of hydrogen-bond donors (Lipinski definition) is 1. The number of nitrogens with one attached hydrogen (secondary N) is 1. The zero-order valence-electron chi connectivity index (χ0n) is 11.3. The molecule has 0 radical (unpaired) electrons. The maximum absolute atomic E-state index is 11.9. The van der Waals surface area contributed by atoms with Crippen molar-refractivity contribution in [3.8, 4) is 0 Å². The lowest BCUT2D eigenvalue weighted by atomic mass is 10.1. The minimum Gasteiger partial charge on any atom is -0.310 e. The lowest BCUT2D eigenvalue weighted by molar-refractivity contribution is -0.116. The minimum atomic E-state index is 0.00220. The van der Waals surface area contributed by atoms with E-state index in [1.165, 1.54) is 11.1 Å². The van der Waals surface area contributed by atoms with Crippen LogP contribution in [0, 0.1) is 13.8 Å². The quantitative estimate of drug-likeness (QED) is 0.909. The average molecular weight is 254 g/mol. The molecule has 0 bridgehead atoms. The molecule has 1 aromatic heterocycles. The number of carbonyl (C=O) groups excluding carboxylic acids is 1. The molecular formula is C16H18N2O. The molecule has 0 saturated carbocycles. The van der Waals surface area contributed by atoms with Gasteiger partial charge in [0.1, 0.15) is 5.82 Å². The molecule has 0 aliphatic heterocycles. The average Bonchev–Trinajstić information content (AvgIpc) is 2.41. The van der Waals surface area contributed by atoms with Crippen LogP contribution >= 0.6 is 0 Å². The van der Waals surface area contributed by atoms with Gasteiger partial charge in [-0.15, -0.1) is 0 Å². The van der Waals surface area contributed by atoms with Crippen LogP contribution in [0.15, 0.2) is 42.6 Å². The van der Waals surface area contributed by atoms with Gasteiger partial charge in [-0.2, -0.15) is 0 Å².